The third-order valence-electron chi connectivity index (χ3n) is 7.37. The van der Waals surface area contributed by atoms with Gasteiger partial charge in [0, 0.05) is 12.6 Å². The van der Waals surface area contributed by atoms with Crippen LogP contribution < -0.4 is 34.0 Å². The Bertz CT molecular complexity index is 961. The molecule has 2 aliphatic heterocycles. The van der Waals surface area contributed by atoms with E-state index in [4.69, 9.17) is 65.1 Å². The third kappa shape index (κ3) is 11.0. The van der Waals surface area contributed by atoms with Gasteiger partial charge in [-0.05, 0) is 32.2 Å². The molecule has 43 heavy (non-hydrogen) atoms. The molecule has 2 heterocycles. The molecule has 2 unspecified atom stereocenters. The molecule has 0 radical (unpaired) electrons. The molecule has 1 amide bonds. The third-order valence-corrected chi connectivity index (χ3v) is 7.37. The monoisotopic (exact) mass is 650 g/mol. The minimum atomic E-state index is -4.67. The molecular weight excluding hydrogens is 604 g/mol. The van der Waals surface area contributed by atoms with Gasteiger partial charge in [0.05, 0.1) is 30.8 Å². The normalized spacial score (nSPS) is 41.1. The van der Waals surface area contributed by atoms with Gasteiger partial charge in [0.2, 0.25) is 5.91 Å². The molecule has 3 aliphatic rings. The first kappa shape index (κ1) is 38.0. The minimum Gasteiger partial charge on any atom is -0.394 e. The smallest absolute Gasteiger partial charge is 0.394 e. The fourth-order valence-corrected chi connectivity index (χ4v) is 5.02. The summed E-state index contributed by atoms with van der Waals surface area (Å²) in [7, 11) is -4.67. The van der Waals surface area contributed by atoms with E-state index in [1.165, 1.54) is 0 Å². The van der Waals surface area contributed by atoms with Gasteiger partial charge in [-0.1, -0.05) is 0 Å². The zero-order valence-electron chi connectivity index (χ0n) is 23.3. The summed E-state index contributed by atoms with van der Waals surface area (Å²) >= 11 is 0. The second-order valence-corrected chi connectivity index (χ2v) is 11.5. The highest BCUT2D eigenvalue weighted by Crippen LogP contribution is 2.31. The largest absolute Gasteiger partial charge is 0.394 e. The lowest BCUT2D eigenvalue weighted by molar-refractivity contribution is -0.314. The van der Waals surface area contributed by atoms with Crippen LogP contribution >= 0.6 is 0 Å². The Labute approximate surface area is 248 Å². The van der Waals surface area contributed by atoms with Crippen LogP contribution in [0.15, 0.2) is 0 Å². The van der Waals surface area contributed by atoms with Crippen molar-refractivity contribution in [3.8, 4) is 0 Å². The SMILES string of the molecule is NCC[C@H](O)C(=O)N[C@@H]1C[C@H](N)[C@@H](OC2O[C@H](CN)CCC2N)[C@@H](O)[C@H]1O[C@H]1O[C@H](CO)[C@@H](O)[C@H](N)[C@H]1O.O=S(=O)(O)O. The van der Waals surface area contributed by atoms with E-state index >= 15 is 0 Å². The van der Waals surface area contributed by atoms with Gasteiger partial charge in [-0.3, -0.25) is 13.9 Å². The van der Waals surface area contributed by atoms with Gasteiger partial charge in [-0.2, -0.15) is 8.42 Å². The number of aliphatic hydroxyl groups is 5. The van der Waals surface area contributed by atoms with Crippen LogP contribution in [0.5, 0.6) is 0 Å². The maximum absolute atomic E-state index is 12.6. The number of nitrogens with two attached hydrogens (primary N) is 5. The Morgan fingerprint density at radius 1 is 0.930 bits per heavy atom. The van der Waals surface area contributed by atoms with Gasteiger partial charge in [0.15, 0.2) is 12.6 Å². The Kier molecular flexibility index (Phi) is 14.9. The Balaban J connectivity index is 0.00000119. The molecule has 254 valence electrons. The van der Waals surface area contributed by atoms with Gasteiger partial charge in [0.1, 0.15) is 42.7 Å². The highest BCUT2D eigenvalue weighted by molar-refractivity contribution is 7.79. The molecule has 21 heteroatoms. The molecule has 0 spiro atoms. The van der Waals surface area contributed by atoms with Crippen LogP contribution in [0.3, 0.4) is 0 Å². The van der Waals surface area contributed by atoms with Crippen molar-refractivity contribution in [2.45, 2.75) is 111 Å². The molecule has 14 atom stereocenters. The van der Waals surface area contributed by atoms with Crippen molar-refractivity contribution in [3.05, 3.63) is 0 Å². The lowest BCUT2D eigenvalue weighted by atomic mass is 9.83. The standard InChI is InChI=1S/C22H44N6O10.H2O4S/c23-4-3-12(30)20(34)28-11-5-10(26)18(37-21-9(25)2-1-8(6-24)35-21)17(33)19(11)38-22-16(32)14(27)15(31)13(7-29)36-22;1-5(2,3)4/h8-19,21-22,29-33H,1-7,23-27H2,(H,28,34);(H2,1,2,3,4)/t8-,9?,10-,11+,12-,13+,14-,15+,16+,17+,18+,19-,21?,22+;/m0./s1. The summed E-state index contributed by atoms with van der Waals surface area (Å²) < 4.78 is 54.9. The van der Waals surface area contributed by atoms with Crippen LogP contribution in [0.1, 0.15) is 25.7 Å². The molecule has 20 nitrogen and oxygen atoms in total. The zero-order valence-corrected chi connectivity index (χ0v) is 24.1. The van der Waals surface area contributed by atoms with Gasteiger partial charge in [-0.15, -0.1) is 0 Å². The van der Waals surface area contributed by atoms with Crippen LogP contribution in [-0.4, -0.2) is 154 Å². The molecule has 2 saturated heterocycles. The fraction of sp³-hybridized carbons (Fsp3) is 0.955. The number of hydrogen-bond acceptors (Lipinski definition) is 17. The highest BCUT2D eigenvalue weighted by atomic mass is 32.3. The van der Waals surface area contributed by atoms with E-state index in [-0.39, 0.29) is 32.0 Å². The summed E-state index contributed by atoms with van der Waals surface area (Å²) in [6.45, 7) is -0.296. The number of rotatable bonds is 10. The lowest BCUT2D eigenvalue weighted by Gasteiger charge is -2.48. The topological polar surface area (TPSA) is 372 Å². The second-order valence-electron chi connectivity index (χ2n) is 10.6. The van der Waals surface area contributed by atoms with Crippen LogP contribution in [0.25, 0.3) is 0 Å². The Morgan fingerprint density at radius 2 is 1.53 bits per heavy atom. The van der Waals surface area contributed by atoms with E-state index in [0.717, 1.165) is 0 Å². The van der Waals surface area contributed by atoms with Crippen molar-refractivity contribution in [1.82, 2.24) is 5.32 Å². The van der Waals surface area contributed by atoms with E-state index in [9.17, 15) is 30.3 Å². The second kappa shape index (κ2) is 16.9. The number of ether oxygens (including phenoxy) is 4. The van der Waals surface area contributed by atoms with Crippen molar-refractivity contribution in [2.75, 3.05) is 19.7 Å². The summed E-state index contributed by atoms with van der Waals surface area (Å²) in [6.07, 6.45) is -10.8. The number of carbonyl (C=O) groups excluding carboxylic acids is 1. The van der Waals surface area contributed by atoms with Crippen molar-refractivity contribution in [2.24, 2.45) is 28.7 Å². The van der Waals surface area contributed by atoms with Crippen molar-refractivity contribution >= 4 is 16.3 Å². The molecule has 18 N–H and O–H groups in total. The zero-order chi connectivity index (χ0) is 32.6. The lowest BCUT2D eigenvalue weighted by Crippen LogP contribution is -2.69. The van der Waals surface area contributed by atoms with Gasteiger partial charge in [0.25, 0.3) is 0 Å². The average Bonchev–Trinajstić information content (AvgIpc) is 2.93. The van der Waals surface area contributed by atoms with E-state index in [2.05, 4.69) is 5.32 Å². The van der Waals surface area contributed by atoms with E-state index in [0.29, 0.717) is 12.8 Å². The predicted octanol–water partition coefficient (Wildman–Crippen LogP) is -7.05. The molecule has 3 rings (SSSR count). The molecule has 0 bridgehead atoms. The summed E-state index contributed by atoms with van der Waals surface area (Å²) in [5, 5.41) is 54.4. The summed E-state index contributed by atoms with van der Waals surface area (Å²) in [4.78, 5) is 12.6. The number of nitrogens with one attached hydrogen (secondary N) is 1. The van der Waals surface area contributed by atoms with Gasteiger partial charge in [-0.25, -0.2) is 0 Å². The number of hydrogen-bond donors (Lipinski definition) is 13. The summed E-state index contributed by atoms with van der Waals surface area (Å²) in [5.41, 5.74) is 29.6. The Hall–Kier alpha value is -1.22. The quantitative estimate of drug-likeness (QED) is 0.0976. The van der Waals surface area contributed by atoms with E-state index < -0.39 is 102 Å². The molecule has 1 aliphatic carbocycles. The minimum absolute atomic E-state index is 0.000983. The summed E-state index contributed by atoms with van der Waals surface area (Å²) in [6, 6.07) is -3.54. The van der Waals surface area contributed by atoms with Crippen LogP contribution in [0.2, 0.25) is 0 Å². The van der Waals surface area contributed by atoms with Crippen LogP contribution in [0, 0.1) is 0 Å². The first-order valence-corrected chi connectivity index (χ1v) is 15.0. The fourth-order valence-electron chi connectivity index (χ4n) is 5.02. The van der Waals surface area contributed by atoms with Crippen molar-refractivity contribution < 1.29 is 66.8 Å². The maximum atomic E-state index is 12.6. The highest BCUT2D eigenvalue weighted by Gasteiger charge is 2.51. The molecule has 0 aromatic rings. The summed E-state index contributed by atoms with van der Waals surface area (Å²) in [5.74, 6) is -0.762. The molecule has 1 saturated carbocycles. The van der Waals surface area contributed by atoms with Gasteiger partial charge >= 0.3 is 10.4 Å². The molecule has 0 aromatic heterocycles. The predicted molar refractivity (Wildman–Crippen MR) is 145 cm³/mol. The first-order chi connectivity index (χ1) is 20.0. The van der Waals surface area contributed by atoms with Crippen LogP contribution in [-0.2, 0) is 34.1 Å². The number of carbonyl (C=O) groups is 1. The molecule has 0 aromatic carbocycles. The number of aliphatic hydroxyl groups excluding tert-OH is 5. The maximum Gasteiger partial charge on any atom is 0.394 e. The Morgan fingerprint density at radius 3 is 2.09 bits per heavy atom. The van der Waals surface area contributed by atoms with E-state index in [1.807, 2.05) is 0 Å². The average molecular weight is 651 g/mol. The molecular formula is C22H46N6O14S. The van der Waals surface area contributed by atoms with E-state index in [1.54, 1.807) is 0 Å². The van der Waals surface area contributed by atoms with Crippen molar-refractivity contribution in [3.63, 3.8) is 0 Å². The van der Waals surface area contributed by atoms with Crippen molar-refractivity contribution in [1.29, 1.82) is 0 Å². The number of amides is 1. The van der Waals surface area contributed by atoms with Crippen LogP contribution in [0.4, 0.5) is 0 Å². The van der Waals surface area contributed by atoms with Gasteiger partial charge < -0.3 is 78.5 Å². The molecule has 3 fully saturated rings. The first-order valence-electron chi connectivity index (χ1n) is 13.6.